The summed E-state index contributed by atoms with van der Waals surface area (Å²) < 4.78 is 10.9. The molecule has 23 heavy (non-hydrogen) atoms. The highest BCUT2D eigenvalue weighted by molar-refractivity contribution is 7.80. The Hall–Kier alpha value is -2.60. The number of ether oxygens (including phenoxy) is 2. The molecule has 6 heteroatoms. The predicted octanol–water partition coefficient (Wildman–Crippen LogP) is 3.08. The average Bonchev–Trinajstić information content (AvgIpc) is 2.80. The van der Waals surface area contributed by atoms with Gasteiger partial charge in [-0.05, 0) is 31.3 Å². The van der Waals surface area contributed by atoms with Gasteiger partial charge >= 0.3 is 0 Å². The fourth-order valence-electron chi connectivity index (χ4n) is 2.42. The molecule has 1 saturated heterocycles. The molecule has 118 valence electrons. The topological polar surface area (TPSA) is 50.8 Å². The van der Waals surface area contributed by atoms with Gasteiger partial charge in [0.15, 0.2) is 0 Å². The van der Waals surface area contributed by atoms with Crippen molar-refractivity contribution < 1.29 is 14.3 Å². The molecule has 2 aromatic rings. The summed E-state index contributed by atoms with van der Waals surface area (Å²) in [7, 11) is 1.58. The first-order valence-electron chi connectivity index (χ1n) is 7.08. The molecule has 0 aromatic heterocycles. The number of benzene rings is 2. The van der Waals surface area contributed by atoms with E-state index in [1.54, 1.807) is 20.1 Å². The van der Waals surface area contributed by atoms with E-state index in [4.69, 9.17) is 21.7 Å². The number of nitrogens with zero attached hydrogens (tertiary/aromatic N) is 1. The fraction of sp³-hybridized carbons (Fsp3) is 0.176. The smallest absolute Gasteiger partial charge is 0.297 e. The molecule has 1 N–H and O–H groups in total. The summed E-state index contributed by atoms with van der Waals surface area (Å²) in [6.07, 6.45) is 0. The first-order valence-corrected chi connectivity index (χ1v) is 7.49. The molecule has 0 spiro atoms. The third kappa shape index (κ3) is 2.73. The molecule has 3 rings (SSSR count). The van der Waals surface area contributed by atoms with Gasteiger partial charge < -0.3 is 9.47 Å². The lowest BCUT2D eigenvalue weighted by molar-refractivity contribution is -0.135. The molecule has 1 amide bonds. The third-order valence-electron chi connectivity index (χ3n) is 3.72. The zero-order valence-corrected chi connectivity index (χ0v) is 13.6. The summed E-state index contributed by atoms with van der Waals surface area (Å²) in [4.78, 5) is 12.8. The number of carbonyl (C=O) groups excluding carboxylic acids is 1. The second kappa shape index (κ2) is 5.89. The van der Waals surface area contributed by atoms with Gasteiger partial charge in [0.2, 0.25) is 5.60 Å². The normalized spacial score (nSPS) is 20.3. The van der Waals surface area contributed by atoms with Gasteiger partial charge in [0.25, 0.3) is 11.1 Å². The van der Waals surface area contributed by atoms with Gasteiger partial charge in [0, 0.05) is 11.6 Å². The van der Waals surface area contributed by atoms with E-state index < -0.39 is 5.60 Å². The quantitative estimate of drug-likeness (QED) is 0.874. The van der Waals surface area contributed by atoms with Crippen LogP contribution in [-0.2, 0) is 15.1 Å². The first-order chi connectivity index (χ1) is 11.0. The Morgan fingerprint density at radius 3 is 2.61 bits per heavy atom. The minimum absolute atomic E-state index is 0.0872. The zero-order valence-electron chi connectivity index (χ0n) is 12.8. The highest BCUT2D eigenvalue weighted by Gasteiger charge is 2.50. The van der Waals surface area contributed by atoms with Crippen LogP contribution in [0.2, 0.25) is 0 Å². The van der Waals surface area contributed by atoms with Crippen molar-refractivity contribution in [1.29, 1.82) is 0 Å². The number of anilines is 1. The van der Waals surface area contributed by atoms with Crippen LogP contribution in [0.5, 0.6) is 5.75 Å². The molecule has 1 aliphatic rings. The number of thiocarbonyl (C=S) groups is 1. The van der Waals surface area contributed by atoms with Crippen LogP contribution in [0.3, 0.4) is 0 Å². The Morgan fingerprint density at radius 2 is 1.91 bits per heavy atom. The summed E-state index contributed by atoms with van der Waals surface area (Å²) in [6.45, 7) is 1.71. The molecule has 0 aliphatic carbocycles. The van der Waals surface area contributed by atoms with Gasteiger partial charge in [-0.1, -0.05) is 36.4 Å². The lowest BCUT2D eigenvalue weighted by Gasteiger charge is -2.21. The van der Waals surface area contributed by atoms with E-state index in [0.717, 1.165) is 5.56 Å². The van der Waals surface area contributed by atoms with Gasteiger partial charge in [-0.25, -0.2) is 0 Å². The number of hydrogen-bond acceptors (Lipinski definition) is 5. The molecule has 2 aromatic carbocycles. The van der Waals surface area contributed by atoms with E-state index in [9.17, 15) is 4.79 Å². The molecular weight excluding hydrogens is 312 g/mol. The van der Waals surface area contributed by atoms with Crippen molar-refractivity contribution in [1.82, 2.24) is 5.01 Å². The van der Waals surface area contributed by atoms with Crippen LogP contribution in [0.1, 0.15) is 12.5 Å². The summed E-state index contributed by atoms with van der Waals surface area (Å²) in [5.74, 6) is 0.413. The Balaban J connectivity index is 1.87. The van der Waals surface area contributed by atoms with E-state index >= 15 is 0 Å². The maximum atomic E-state index is 12.8. The monoisotopic (exact) mass is 328 g/mol. The zero-order chi connectivity index (χ0) is 16.4. The van der Waals surface area contributed by atoms with Crippen LogP contribution >= 0.6 is 12.2 Å². The minimum Gasteiger partial charge on any atom is -0.497 e. The van der Waals surface area contributed by atoms with Crippen LogP contribution in [0, 0.1) is 0 Å². The van der Waals surface area contributed by atoms with Crippen LogP contribution in [0.4, 0.5) is 5.69 Å². The van der Waals surface area contributed by atoms with Crippen LogP contribution in [0.25, 0.3) is 0 Å². The maximum absolute atomic E-state index is 12.8. The van der Waals surface area contributed by atoms with E-state index in [2.05, 4.69) is 5.43 Å². The number of nitrogens with one attached hydrogen (secondary N) is 1. The second-order valence-corrected chi connectivity index (χ2v) is 5.60. The minimum atomic E-state index is -1.13. The first kappa shape index (κ1) is 15.3. The Morgan fingerprint density at radius 1 is 1.17 bits per heavy atom. The molecular formula is C17H16N2O3S. The molecule has 0 bridgehead atoms. The van der Waals surface area contributed by atoms with Crippen molar-refractivity contribution in [2.45, 2.75) is 12.5 Å². The van der Waals surface area contributed by atoms with Gasteiger partial charge in [-0.3, -0.25) is 10.2 Å². The molecule has 1 aliphatic heterocycles. The highest BCUT2D eigenvalue weighted by atomic mass is 32.1. The van der Waals surface area contributed by atoms with E-state index in [1.807, 2.05) is 48.5 Å². The number of hydrogen-bond donors (Lipinski definition) is 1. The molecule has 1 heterocycles. The van der Waals surface area contributed by atoms with E-state index in [-0.39, 0.29) is 11.1 Å². The summed E-state index contributed by atoms with van der Waals surface area (Å²) in [6, 6.07) is 16.5. The lowest BCUT2D eigenvalue weighted by Crippen LogP contribution is -2.39. The average molecular weight is 328 g/mol. The number of rotatable bonds is 4. The largest absolute Gasteiger partial charge is 0.497 e. The molecule has 1 fully saturated rings. The number of methoxy groups -OCH3 is 1. The van der Waals surface area contributed by atoms with E-state index in [0.29, 0.717) is 11.4 Å². The van der Waals surface area contributed by atoms with Crippen molar-refractivity contribution in [3.63, 3.8) is 0 Å². The van der Waals surface area contributed by atoms with Crippen molar-refractivity contribution in [2.24, 2.45) is 0 Å². The number of amides is 1. The van der Waals surface area contributed by atoms with Crippen molar-refractivity contribution in [3.05, 3.63) is 60.2 Å². The lowest BCUT2D eigenvalue weighted by atomic mass is 9.95. The molecule has 0 radical (unpaired) electrons. The fourth-order valence-corrected chi connectivity index (χ4v) is 2.71. The summed E-state index contributed by atoms with van der Waals surface area (Å²) in [5, 5.41) is 1.33. The Labute approximate surface area is 139 Å². The van der Waals surface area contributed by atoms with Gasteiger partial charge in [0.05, 0.1) is 12.8 Å². The Bertz CT molecular complexity index is 751. The molecule has 1 atom stereocenters. The van der Waals surface area contributed by atoms with Gasteiger partial charge in [0.1, 0.15) is 5.75 Å². The van der Waals surface area contributed by atoms with Crippen LogP contribution in [0.15, 0.2) is 54.6 Å². The van der Waals surface area contributed by atoms with Crippen LogP contribution in [-0.4, -0.2) is 23.2 Å². The summed E-state index contributed by atoms with van der Waals surface area (Å²) in [5.41, 5.74) is 3.28. The number of carbonyl (C=O) groups is 1. The molecule has 1 unspecified atom stereocenters. The maximum Gasteiger partial charge on any atom is 0.297 e. The standard InChI is InChI=1S/C17H16N2O3S/c1-17(12-7-4-3-5-8-12)15(20)19(16(23)22-17)18-13-9-6-10-14(11-13)21-2/h3-11,18H,1-2H3. The van der Waals surface area contributed by atoms with Gasteiger partial charge in [-0.2, -0.15) is 5.01 Å². The third-order valence-corrected chi connectivity index (χ3v) is 3.99. The SMILES string of the molecule is COc1cccc(NN2C(=O)C(C)(c3ccccc3)OC2=S)c1. The van der Waals surface area contributed by atoms with E-state index in [1.165, 1.54) is 5.01 Å². The van der Waals surface area contributed by atoms with Crippen molar-refractivity contribution in [2.75, 3.05) is 12.5 Å². The Kier molecular flexibility index (Phi) is 3.92. The highest BCUT2D eigenvalue weighted by Crippen LogP contribution is 2.34. The molecule has 5 nitrogen and oxygen atoms in total. The van der Waals surface area contributed by atoms with Gasteiger partial charge in [-0.15, -0.1) is 0 Å². The molecule has 0 saturated carbocycles. The predicted molar refractivity (Wildman–Crippen MR) is 90.9 cm³/mol. The van der Waals surface area contributed by atoms with Crippen molar-refractivity contribution in [3.8, 4) is 5.75 Å². The number of hydrazine groups is 1. The van der Waals surface area contributed by atoms with Crippen LogP contribution < -0.4 is 10.2 Å². The summed E-state index contributed by atoms with van der Waals surface area (Å²) >= 11 is 5.22. The second-order valence-electron chi connectivity index (χ2n) is 5.25. The van der Waals surface area contributed by atoms with Crippen molar-refractivity contribution >= 4 is 29.0 Å².